The Kier molecular flexibility index (Phi) is 5.42. The van der Waals surface area contributed by atoms with E-state index in [1.54, 1.807) is 5.32 Å². The third kappa shape index (κ3) is 5.14. The van der Waals surface area contributed by atoms with Crippen LogP contribution in [0.3, 0.4) is 0 Å². The quantitative estimate of drug-likeness (QED) is 0.872. The number of carbonyl (C=O) groups excluding carboxylic acids is 1. The third-order valence-corrected chi connectivity index (χ3v) is 2.60. The van der Waals surface area contributed by atoms with E-state index in [9.17, 15) is 22.8 Å². The molecule has 0 radical (unpaired) electrons. The lowest BCUT2D eigenvalue weighted by atomic mass is 10.2. The highest BCUT2D eigenvalue weighted by atomic mass is 35.5. The highest BCUT2D eigenvalue weighted by Gasteiger charge is 2.39. The molecule has 1 aromatic carbocycles. The number of amides is 1. The largest absolute Gasteiger partial charge is 0.490 e. The summed E-state index contributed by atoms with van der Waals surface area (Å²) in [5.74, 6) is -3.13. The van der Waals surface area contributed by atoms with Crippen molar-refractivity contribution in [2.24, 2.45) is 0 Å². The van der Waals surface area contributed by atoms with Gasteiger partial charge in [-0.25, -0.2) is 4.79 Å². The Hall–Kier alpha value is -1.96. The van der Waals surface area contributed by atoms with E-state index in [1.807, 2.05) is 0 Å². The summed E-state index contributed by atoms with van der Waals surface area (Å²) in [4.78, 5) is 21.4. The molecule has 0 heterocycles. The van der Waals surface area contributed by atoms with Crippen LogP contribution in [-0.4, -0.2) is 35.8 Å². The summed E-state index contributed by atoms with van der Waals surface area (Å²) < 4.78 is 41.2. The van der Waals surface area contributed by atoms with Gasteiger partial charge in [0.05, 0.1) is 16.6 Å². The van der Waals surface area contributed by atoms with Gasteiger partial charge in [-0.2, -0.15) is 13.2 Å². The van der Waals surface area contributed by atoms with Gasteiger partial charge in [0, 0.05) is 0 Å². The first-order valence-electron chi connectivity index (χ1n) is 5.64. The van der Waals surface area contributed by atoms with Crippen LogP contribution in [0.5, 0.6) is 5.75 Å². The summed E-state index contributed by atoms with van der Waals surface area (Å²) in [7, 11) is 0. The van der Waals surface area contributed by atoms with Crippen LogP contribution in [-0.2, 0) is 4.79 Å². The van der Waals surface area contributed by atoms with E-state index >= 15 is 0 Å². The number of ether oxygens (including phenoxy) is 1. The van der Waals surface area contributed by atoms with Gasteiger partial charge in [-0.05, 0) is 25.1 Å². The van der Waals surface area contributed by atoms with E-state index in [4.69, 9.17) is 21.4 Å². The number of rotatable bonds is 5. The van der Waals surface area contributed by atoms with Crippen molar-refractivity contribution >= 4 is 23.5 Å². The molecule has 0 aromatic heterocycles. The van der Waals surface area contributed by atoms with Crippen molar-refractivity contribution < 1.29 is 32.6 Å². The van der Waals surface area contributed by atoms with Crippen LogP contribution in [0.15, 0.2) is 18.2 Å². The van der Waals surface area contributed by atoms with Gasteiger partial charge in [-0.3, -0.25) is 4.79 Å². The van der Waals surface area contributed by atoms with Gasteiger partial charge < -0.3 is 15.2 Å². The third-order valence-electron chi connectivity index (χ3n) is 2.30. The zero-order valence-corrected chi connectivity index (χ0v) is 11.5. The SMILES string of the molecule is CC(COc1ccc(C(=O)O)cc1Cl)NC(=O)C(F)(F)F. The Bertz CT molecular complexity index is 548. The summed E-state index contributed by atoms with van der Waals surface area (Å²) in [6, 6.07) is 2.76. The topological polar surface area (TPSA) is 75.6 Å². The van der Waals surface area contributed by atoms with Gasteiger partial charge >= 0.3 is 18.1 Å². The van der Waals surface area contributed by atoms with Crippen LogP contribution in [0.25, 0.3) is 0 Å². The number of hydrogen-bond donors (Lipinski definition) is 2. The smallest absolute Gasteiger partial charge is 0.471 e. The van der Waals surface area contributed by atoms with Crippen LogP contribution >= 0.6 is 11.6 Å². The highest BCUT2D eigenvalue weighted by Crippen LogP contribution is 2.25. The molecule has 1 unspecified atom stereocenters. The molecule has 0 bridgehead atoms. The average Bonchev–Trinajstić information content (AvgIpc) is 2.35. The first-order chi connectivity index (χ1) is 9.61. The molecule has 0 aliphatic rings. The highest BCUT2D eigenvalue weighted by molar-refractivity contribution is 6.32. The molecule has 2 N–H and O–H groups in total. The molecule has 0 aliphatic carbocycles. The van der Waals surface area contributed by atoms with Crippen LogP contribution in [0.1, 0.15) is 17.3 Å². The number of carbonyl (C=O) groups is 2. The van der Waals surface area contributed by atoms with Gasteiger partial charge in [0.2, 0.25) is 0 Å². The number of hydrogen-bond acceptors (Lipinski definition) is 3. The second-order valence-electron chi connectivity index (χ2n) is 4.13. The second-order valence-corrected chi connectivity index (χ2v) is 4.54. The van der Waals surface area contributed by atoms with E-state index in [1.165, 1.54) is 19.1 Å². The van der Waals surface area contributed by atoms with Gasteiger partial charge in [0.1, 0.15) is 12.4 Å². The number of nitrogens with one attached hydrogen (secondary N) is 1. The van der Waals surface area contributed by atoms with Gasteiger partial charge in [-0.15, -0.1) is 0 Å². The molecule has 0 saturated carbocycles. The maximum atomic E-state index is 12.0. The summed E-state index contributed by atoms with van der Waals surface area (Å²) in [5, 5.41) is 10.5. The first kappa shape index (κ1) is 17.1. The molecule has 1 aromatic rings. The number of halogens is 4. The molecule has 0 aliphatic heterocycles. The number of carboxylic acids is 1. The van der Waals surface area contributed by atoms with Gasteiger partial charge in [0.25, 0.3) is 0 Å². The normalized spacial score (nSPS) is 12.6. The van der Waals surface area contributed by atoms with E-state index in [0.29, 0.717) is 0 Å². The Balaban J connectivity index is 2.59. The molecule has 116 valence electrons. The fourth-order valence-corrected chi connectivity index (χ4v) is 1.55. The Morgan fingerprint density at radius 1 is 1.43 bits per heavy atom. The maximum Gasteiger partial charge on any atom is 0.471 e. The number of benzene rings is 1. The average molecular weight is 326 g/mol. The van der Waals surface area contributed by atoms with Crippen molar-refractivity contribution in [1.29, 1.82) is 0 Å². The molecule has 0 saturated heterocycles. The zero-order valence-electron chi connectivity index (χ0n) is 10.7. The van der Waals surface area contributed by atoms with Crippen LogP contribution in [0.4, 0.5) is 13.2 Å². The monoisotopic (exact) mass is 325 g/mol. The van der Waals surface area contributed by atoms with E-state index < -0.39 is 24.1 Å². The van der Waals surface area contributed by atoms with Crippen LogP contribution in [0.2, 0.25) is 5.02 Å². The minimum atomic E-state index is -4.96. The van der Waals surface area contributed by atoms with Crippen molar-refractivity contribution in [2.75, 3.05) is 6.61 Å². The molecule has 1 atom stereocenters. The number of carboxylic acid groups (broad SMARTS) is 1. The fraction of sp³-hybridized carbons (Fsp3) is 0.333. The predicted octanol–water partition coefficient (Wildman–Crippen LogP) is 2.48. The van der Waals surface area contributed by atoms with Crippen LogP contribution in [0, 0.1) is 0 Å². The summed E-state index contributed by atoms with van der Waals surface area (Å²) in [6.07, 6.45) is -4.96. The number of aromatic carboxylic acids is 1. The first-order valence-corrected chi connectivity index (χ1v) is 6.02. The molecule has 1 amide bonds. The van der Waals surface area contributed by atoms with Crippen molar-refractivity contribution in [2.45, 2.75) is 19.1 Å². The molecular weight excluding hydrogens is 315 g/mol. The summed E-state index contributed by atoms with van der Waals surface area (Å²) >= 11 is 5.78. The zero-order chi connectivity index (χ0) is 16.2. The lowest BCUT2D eigenvalue weighted by Gasteiger charge is -2.16. The predicted molar refractivity (Wildman–Crippen MR) is 67.6 cm³/mol. The minimum Gasteiger partial charge on any atom is -0.490 e. The molecule has 9 heteroatoms. The lowest BCUT2D eigenvalue weighted by molar-refractivity contribution is -0.174. The molecule has 1 rings (SSSR count). The van der Waals surface area contributed by atoms with Gasteiger partial charge in [0.15, 0.2) is 0 Å². The minimum absolute atomic E-state index is 0.00393. The molecule has 0 spiro atoms. The Labute approximate surface area is 122 Å². The van der Waals surface area contributed by atoms with E-state index in [0.717, 1.165) is 6.07 Å². The van der Waals surface area contributed by atoms with E-state index in [-0.39, 0.29) is 22.9 Å². The Morgan fingerprint density at radius 2 is 2.05 bits per heavy atom. The van der Waals surface area contributed by atoms with E-state index in [2.05, 4.69) is 0 Å². The van der Waals surface area contributed by atoms with Crippen molar-refractivity contribution in [3.05, 3.63) is 28.8 Å². The lowest BCUT2D eigenvalue weighted by Crippen LogP contribution is -2.44. The number of alkyl halides is 3. The van der Waals surface area contributed by atoms with Crippen molar-refractivity contribution in [1.82, 2.24) is 5.32 Å². The molecular formula is C12H11ClF3NO4. The molecule has 5 nitrogen and oxygen atoms in total. The maximum absolute atomic E-state index is 12.0. The fourth-order valence-electron chi connectivity index (χ4n) is 1.31. The summed E-state index contributed by atoms with van der Waals surface area (Å²) in [5.41, 5.74) is -0.0502. The Morgan fingerprint density at radius 3 is 2.52 bits per heavy atom. The van der Waals surface area contributed by atoms with Crippen molar-refractivity contribution in [3.8, 4) is 5.75 Å². The molecule has 0 fully saturated rings. The van der Waals surface area contributed by atoms with Crippen LogP contribution < -0.4 is 10.1 Å². The standard InChI is InChI=1S/C12H11ClF3NO4/c1-6(17-11(20)12(14,15)16)5-21-9-3-2-7(10(18)19)4-8(9)13/h2-4,6H,5H2,1H3,(H,17,20)(H,18,19). The van der Waals surface area contributed by atoms with Crippen molar-refractivity contribution in [3.63, 3.8) is 0 Å². The second kappa shape index (κ2) is 6.66. The van der Waals surface area contributed by atoms with Gasteiger partial charge in [-0.1, -0.05) is 11.6 Å². The molecule has 21 heavy (non-hydrogen) atoms. The summed E-state index contributed by atoms with van der Waals surface area (Å²) in [6.45, 7) is 1.07.